The largest absolute Gasteiger partial charge is 0.479 e. The molecule has 6 heteroatoms. The molecule has 0 amide bonds. The number of aliphatic hydroxyl groups is 3. The van der Waals surface area contributed by atoms with Gasteiger partial charge in [-0.25, -0.2) is 4.79 Å². The van der Waals surface area contributed by atoms with Crippen molar-refractivity contribution in [1.29, 1.82) is 0 Å². The summed E-state index contributed by atoms with van der Waals surface area (Å²) < 4.78 is 4.78. The Bertz CT molecular complexity index is 205. The van der Waals surface area contributed by atoms with E-state index in [2.05, 4.69) is 0 Å². The van der Waals surface area contributed by atoms with Crippen molar-refractivity contribution >= 4 is 5.97 Å². The van der Waals surface area contributed by atoms with Gasteiger partial charge in [-0.3, -0.25) is 0 Å². The fourth-order valence-electron chi connectivity index (χ4n) is 1.26. The van der Waals surface area contributed by atoms with Gasteiger partial charge in [-0.05, 0) is 6.92 Å². The molecule has 1 fully saturated rings. The third-order valence-electron chi connectivity index (χ3n) is 2.10. The van der Waals surface area contributed by atoms with Gasteiger partial charge in [0.2, 0.25) is 0 Å². The Kier molecular flexibility index (Phi) is 2.87. The van der Waals surface area contributed by atoms with Crippen molar-refractivity contribution < 1.29 is 30.0 Å². The van der Waals surface area contributed by atoms with Crippen LogP contribution in [0.2, 0.25) is 0 Å². The van der Waals surface area contributed by atoms with Crippen LogP contribution in [0.4, 0.5) is 0 Å². The average molecular weight is 192 g/mol. The molecule has 0 spiro atoms. The molecule has 0 aromatic heterocycles. The van der Waals surface area contributed by atoms with Gasteiger partial charge in [0.25, 0.3) is 0 Å². The minimum absolute atomic E-state index is 0.806. The molecule has 1 aliphatic rings. The summed E-state index contributed by atoms with van der Waals surface area (Å²) in [7, 11) is 0. The maximum absolute atomic E-state index is 10.5. The molecule has 4 N–H and O–H groups in total. The lowest BCUT2D eigenvalue weighted by Gasteiger charge is -2.37. The smallest absolute Gasteiger partial charge is 0.335 e. The van der Waals surface area contributed by atoms with E-state index in [9.17, 15) is 20.1 Å². The van der Waals surface area contributed by atoms with E-state index in [4.69, 9.17) is 9.84 Å². The minimum atomic E-state index is -1.59. The van der Waals surface area contributed by atoms with Gasteiger partial charge in [-0.1, -0.05) is 0 Å². The molecule has 0 aliphatic carbocycles. The molecule has 13 heavy (non-hydrogen) atoms. The summed E-state index contributed by atoms with van der Waals surface area (Å²) in [4.78, 5) is 10.5. The van der Waals surface area contributed by atoms with Crippen LogP contribution in [0.25, 0.3) is 0 Å². The van der Waals surface area contributed by atoms with Gasteiger partial charge in [0.05, 0.1) is 6.10 Å². The number of aliphatic carboxylic acids is 1. The molecule has 0 bridgehead atoms. The maximum atomic E-state index is 10.5. The Morgan fingerprint density at radius 3 is 2.15 bits per heavy atom. The summed E-state index contributed by atoms with van der Waals surface area (Å²) in [5, 5.41) is 36.1. The Morgan fingerprint density at radius 2 is 1.69 bits per heavy atom. The van der Waals surface area contributed by atoms with Crippen LogP contribution in [-0.2, 0) is 9.53 Å². The van der Waals surface area contributed by atoms with Crippen molar-refractivity contribution in [2.75, 3.05) is 0 Å². The Hall–Kier alpha value is -0.690. The van der Waals surface area contributed by atoms with Crippen LogP contribution in [0.1, 0.15) is 6.92 Å². The highest BCUT2D eigenvalue weighted by molar-refractivity contribution is 5.73. The van der Waals surface area contributed by atoms with Crippen LogP contribution >= 0.6 is 0 Å². The Morgan fingerprint density at radius 1 is 1.15 bits per heavy atom. The number of carboxylic acid groups (broad SMARTS) is 1. The highest BCUT2D eigenvalue weighted by atomic mass is 16.6. The molecule has 0 saturated carbocycles. The monoisotopic (exact) mass is 192 g/mol. The lowest BCUT2D eigenvalue weighted by atomic mass is 9.96. The molecule has 0 aromatic rings. The van der Waals surface area contributed by atoms with E-state index in [1.54, 1.807) is 0 Å². The first kappa shape index (κ1) is 10.4. The molecule has 5 atom stereocenters. The van der Waals surface area contributed by atoms with Crippen molar-refractivity contribution in [3.63, 3.8) is 0 Å². The highest BCUT2D eigenvalue weighted by Gasteiger charge is 2.44. The van der Waals surface area contributed by atoms with Crippen LogP contribution in [-0.4, -0.2) is 56.9 Å². The van der Waals surface area contributed by atoms with Crippen LogP contribution in [0.5, 0.6) is 0 Å². The maximum Gasteiger partial charge on any atom is 0.335 e. The van der Waals surface area contributed by atoms with Crippen molar-refractivity contribution in [2.24, 2.45) is 0 Å². The summed E-state index contributed by atoms with van der Waals surface area (Å²) in [5.41, 5.74) is 0. The third-order valence-corrected chi connectivity index (χ3v) is 2.10. The van der Waals surface area contributed by atoms with E-state index >= 15 is 0 Å². The number of aliphatic hydroxyl groups excluding tert-OH is 3. The van der Waals surface area contributed by atoms with Crippen molar-refractivity contribution in [2.45, 2.75) is 37.4 Å². The van der Waals surface area contributed by atoms with Crippen LogP contribution in [0.3, 0.4) is 0 Å². The van der Waals surface area contributed by atoms with Gasteiger partial charge >= 0.3 is 5.97 Å². The standard InChI is InChI=1S/C7H12O6/c1-2-3(8)4(9)5(10)6(13-2)7(11)12/h2-6,8-10H,1H3,(H,11,12)/t2-,3+,4-,5+,6+/m0/s1. The zero-order valence-electron chi connectivity index (χ0n) is 6.99. The molecule has 76 valence electrons. The zero-order valence-corrected chi connectivity index (χ0v) is 6.99. The second kappa shape index (κ2) is 3.59. The van der Waals surface area contributed by atoms with Gasteiger partial charge < -0.3 is 25.2 Å². The summed E-state index contributed by atoms with van der Waals surface area (Å²) in [6.07, 6.45) is -6.62. The Balaban J connectivity index is 2.76. The molecule has 0 unspecified atom stereocenters. The molecule has 0 aromatic carbocycles. The van der Waals surface area contributed by atoms with Gasteiger partial charge in [0.15, 0.2) is 6.10 Å². The lowest BCUT2D eigenvalue weighted by molar-refractivity contribution is -0.223. The van der Waals surface area contributed by atoms with E-state index in [0.29, 0.717) is 0 Å². The molecule has 1 aliphatic heterocycles. The second-order valence-corrected chi connectivity index (χ2v) is 3.07. The van der Waals surface area contributed by atoms with Crippen molar-refractivity contribution in [3.8, 4) is 0 Å². The minimum Gasteiger partial charge on any atom is -0.479 e. The van der Waals surface area contributed by atoms with Gasteiger partial charge in [-0.15, -0.1) is 0 Å². The summed E-state index contributed by atoms with van der Waals surface area (Å²) >= 11 is 0. The predicted octanol–water partition coefficient (Wildman–Crippen LogP) is -2.06. The first-order chi connectivity index (χ1) is 5.95. The number of ether oxygens (including phenoxy) is 1. The van der Waals surface area contributed by atoms with Crippen LogP contribution in [0, 0.1) is 0 Å². The van der Waals surface area contributed by atoms with E-state index in [0.717, 1.165) is 0 Å². The van der Waals surface area contributed by atoms with E-state index < -0.39 is 36.5 Å². The van der Waals surface area contributed by atoms with E-state index in [1.807, 2.05) is 0 Å². The highest BCUT2D eigenvalue weighted by Crippen LogP contribution is 2.20. The molecule has 1 saturated heterocycles. The first-order valence-corrected chi connectivity index (χ1v) is 3.87. The van der Waals surface area contributed by atoms with Gasteiger partial charge in [0.1, 0.15) is 18.3 Å². The van der Waals surface area contributed by atoms with E-state index in [1.165, 1.54) is 6.92 Å². The second-order valence-electron chi connectivity index (χ2n) is 3.07. The summed E-state index contributed by atoms with van der Waals surface area (Å²) in [5.74, 6) is -1.36. The zero-order chi connectivity index (χ0) is 10.2. The number of rotatable bonds is 1. The topological polar surface area (TPSA) is 107 Å². The van der Waals surface area contributed by atoms with Crippen LogP contribution < -0.4 is 0 Å². The first-order valence-electron chi connectivity index (χ1n) is 3.87. The van der Waals surface area contributed by atoms with Gasteiger partial charge in [-0.2, -0.15) is 0 Å². The average Bonchev–Trinajstić information content (AvgIpc) is 2.07. The van der Waals surface area contributed by atoms with E-state index in [-0.39, 0.29) is 0 Å². The summed E-state index contributed by atoms with van der Waals surface area (Å²) in [6.45, 7) is 1.43. The van der Waals surface area contributed by atoms with Crippen molar-refractivity contribution in [3.05, 3.63) is 0 Å². The van der Waals surface area contributed by atoms with Crippen molar-refractivity contribution in [1.82, 2.24) is 0 Å². The lowest BCUT2D eigenvalue weighted by Crippen LogP contribution is -2.58. The molecule has 1 heterocycles. The molecular weight excluding hydrogens is 180 g/mol. The predicted molar refractivity (Wildman–Crippen MR) is 40.0 cm³/mol. The number of hydrogen-bond donors (Lipinski definition) is 4. The Labute approximate surface area is 74.4 Å². The molecule has 6 nitrogen and oxygen atoms in total. The van der Waals surface area contributed by atoms with Crippen LogP contribution in [0.15, 0.2) is 0 Å². The molecule has 1 rings (SSSR count). The number of carboxylic acids is 1. The number of carbonyl (C=O) groups is 1. The fourth-order valence-corrected chi connectivity index (χ4v) is 1.26. The molecular formula is C7H12O6. The SMILES string of the molecule is C[C@@H]1O[C@@H](C(=O)O)[C@H](O)[C@@H](O)[C@@H]1O. The third kappa shape index (κ3) is 1.80. The molecule has 0 radical (unpaired) electrons. The number of hydrogen-bond acceptors (Lipinski definition) is 5. The van der Waals surface area contributed by atoms with Gasteiger partial charge in [0, 0.05) is 0 Å². The summed E-state index contributed by atoms with van der Waals surface area (Å²) in [6, 6.07) is 0. The normalized spacial score (nSPS) is 46.0. The fraction of sp³-hybridized carbons (Fsp3) is 0.857. The quantitative estimate of drug-likeness (QED) is 0.380.